The lowest BCUT2D eigenvalue weighted by Gasteiger charge is -2.09. The molecule has 0 unspecified atom stereocenters. The first-order valence-electron chi connectivity index (χ1n) is 4.24. The molecule has 1 aromatic rings. The second-order valence-corrected chi connectivity index (χ2v) is 2.92. The molecule has 0 aromatic heterocycles. The number of hydrogen-bond donors (Lipinski definition) is 1. The fraction of sp³-hybridized carbons (Fsp3) is 0.0909. The van der Waals surface area contributed by atoms with Crippen LogP contribution in [0.15, 0.2) is 42.7 Å². The van der Waals surface area contributed by atoms with Crippen molar-refractivity contribution >= 4 is 11.4 Å². The zero-order valence-electron chi connectivity index (χ0n) is 7.23. The van der Waals surface area contributed by atoms with Gasteiger partial charge in [0.1, 0.15) is 5.76 Å². The number of ether oxygens (including phenoxy) is 1. The normalized spacial score (nSPS) is 14.9. The summed E-state index contributed by atoms with van der Waals surface area (Å²) in [6.45, 7) is 0. The third-order valence-electron chi connectivity index (χ3n) is 1.93. The molecule has 0 radical (unpaired) electrons. The first kappa shape index (κ1) is 7.92. The van der Waals surface area contributed by atoms with Crippen LogP contribution in [0.4, 0.5) is 5.69 Å². The number of allylic oxidation sites excluding steroid dienone is 2. The van der Waals surface area contributed by atoms with Gasteiger partial charge >= 0.3 is 0 Å². The molecule has 66 valence electrons. The van der Waals surface area contributed by atoms with Crippen LogP contribution in [0.25, 0.3) is 5.76 Å². The molecule has 0 bridgehead atoms. The predicted molar refractivity (Wildman–Crippen MR) is 53.7 cm³/mol. The molecule has 1 aromatic carbocycles. The Bertz CT molecular complexity index is 349. The van der Waals surface area contributed by atoms with Gasteiger partial charge in [-0.25, -0.2) is 0 Å². The van der Waals surface area contributed by atoms with Crippen molar-refractivity contribution in [3.63, 3.8) is 0 Å². The zero-order valence-corrected chi connectivity index (χ0v) is 7.23. The van der Waals surface area contributed by atoms with E-state index in [-0.39, 0.29) is 0 Å². The van der Waals surface area contributed by atoms with Crippen LogP contribution < -0.4 is 5.73 Å². The fourth-order valence-electron chi connectivity index (χ4n) is 1.23. The van der Waals surface area contributed by atoms with Crippen LogP contribution in [0, 0.1) is 0 Å². The van der Waals surface area contributed by atoms with Gasteiger partial charge in [0.2, 0.25) is 0 Å². The molecule has 2 heteroatoms. The third-order valence-corrected chi connectivity index (χ3v) is 1.93. The van der Waals surface area contributed by atoms with Crippen molar-refractivity contribution in [2.75, 3.05) is 5.73 Å². The minimum Gasteiger partial charge on any atom is -0.465 e. The highest BCUT2D eigenvalue weighted by Crippen LogP contribution is 2.20. The maximum atomic E-state index is 5.58. The van der Waals surface area contributed by atoms with Crippen LogP contribution in [-0.4, -0.2) is 0 Å². The maximum absolute atomic E-state index is 5.58. The SMILES string of the molecule is Nc1ccc(C2=CCC=CO2)cc1. The molecule has 2 rings (SSSR count). The van der Waals surface area contributed by atoms with E-state index in [1.165, 1.54) is 0 Å². The van der Waals surface area contributed by atoms with E-state index in [9.17, 15) is 0 Å². The molecule has 2 nitrogen and oxygen atoms in total. The van der Waals surface area contributed by atoms with Crippen molar-refractivity contribution in [1.29, 1.82) is 0 Å². The molecule has 1 aliphatic heterocycles. The van der Waals surface area contributed by atoms with E-state index < -0.39 is 0 Å². The minimum absolute atomic E-state index is 0.774. The minimum atomic E-state index is 0.774. The van der Waals surface area contributed by atoms with Gasteiger partial charge in [-0.3, -0.25) is 0 Å². The van der Waals surface area contributed by atoms with E-state index in [1.54, 1.807) is 6.26 Å². The molecule has 0 amide bonds. The second-order valence-electron chi connectivity index (χ2n) is 2.92. The topological polar surface area (TPSA) is 35.2 Å². The van der Waals surface area contributed by atoms with Gasteiger partial charge in [-0.1, -0.05) is 0 Å². The van der Waals surface area contributed by atoms with Gasteiger partial charge in [-0.15, -0.1) is 0 Å². The molecule has 0 spiro atoms. The molecule has 0 fully saturated rings. The van der Waals surface area contributed by atoms with E-state index in [2.05, 4.69) is 0 Å². The standard InChI is InChI=1S/C11H11NO/c12-10-6-4-9(5-7-10)11-3-1-2-8-13-11/h2-8H,1,12H2. The Balaban J connectivity index is 2.25. The van der Waals surface area contributed by atoms with E-state index in [0.29, 0.717) is 0 Å². The van der Waals surface area contributed by atoms with Crippen molar-refractivity contribution in [3.05, 3.63) is 48.2 Å². The Morgan fingerprint density at radius 2 is 1.92 bits per heavy atom. The summed E-state index contributed by atoms with van der Waals surface area (Å²) in [7, 11) is 0. The fourth-order valence-corrected chi connectivity index (χ4v) is 1.23. The van der Waals surface area contributed by atoms with Crippen LogP contribution in [0.5, 0.6) is 0 Å². The van der Waals surface area contributed by atoms with E-state index in [4.69, 9.17) is 10.5 Å². The summed E-state index contributed by atoms with van der Waals surface area (Å²) in [4.78, 5) is 0. The number of benzene rings is 1. The molecule has 13 heavy (non-hydrogen) atoms. The molecule has 0 aliphatic carbocycles. The summed E-state index contributed by atoms with van der Waals surface area (Å²) < 4.78 is 5.34. The lowest BCUT2D eigenvalue weighted by Crippen LogP contribution is -1.91. The lowest BCUT2D eigenvalue weighted by molar-refractivity contribution is 0.427. The molecule has 0 saturated carbocycles. The Morgan fingerprint density at radius 3 is 2.54 bits per heavy atom. The van der Waals surface area contributed by atoms with E-state index >= 15 is 0 Å². The zero-order chi connectivity index (χ0) is 9.10. The molecule has 1 aliphatic rings. The lowest BCUT2D eigenvalue weighted by atomic mass is 10.1. The summed E-state index contributed by atoms with van der Waals surface area (Å²) in [5.74, 6) is 0.905. The Kier molecular flexibility index (Phi) is 2.04. The summed E-state index contributed by atoms with van der Waals surface area (Å²) in [5.41, 5.74) is 7.42. The quantitative estimate of drug-likeness (QED) is 0.662. The van der Waals surface area contributed by atoms with Gasteiger partial charge in [-0.2, -0.15) is 0 Å². The van der Waals surface area contributed by atoms with Crippen LogP contribution in [0.3, 0.4) is 0 Å². The average Bonchev–Trinajstić information content (AvgIpc) is 2.20. The van der Waals surface area contributed by atoms with Gasteiger partial charge in [0.25, 0.3) is 0 Å². The second kappa shape index (κ2) is 3.35. The predicted octanol–water partition coefficient (Wildman–Crippen LogP) is 2.54. The molecule has 0 saturated heterocycles. The molecular formula is C11H11NO. The first-order valence-corrected chi connectivity index (χ1v) is 4.24. The number of nitrogen functional groups attached to an aromatic ring is 1. The van der Waals surface area contributed by atoms with Crippen molar-refractivity contribution in [3.8, 4) is 0 Å². The van der Waals surface area contributed by atoms with Gasteiger partial charge in [-0.05, 0) is 42.8 Å². The largest absolute Gasteiger partial charge is 0.465 e. The smallest absolute Gasteiger partial charge is 0.130 e. The summed E-state index contributed by atoms with van der Waals surface area (Å²) in [6, 6.07) is 7.66. The number of rotatable bonds is 1. The van der Waals surface area contributed by atoms with Crippen molar-refractivity contribution in [2.24, 2.45) is 0 Å². The number of anilines is 1. The monoisotopic (exact) mass is 173 g/mol. The highest BCUT2D eigenvalue weighted by Gasteiger charge is 2.02. The third kappa shape index (κ3) is 1.72. The molecular weight excluding hydrogens is 162 g/mol. The molecule has 1 heterocycles. The maximum Gasteiger partial charge on any atom is 0.130 e. The number of hydrogen-bond acceptors (Lipinski definition) is 2. The molecule has 0 atom stereocenters. The first-order chi connectivity index (χ1) is 6.36. The Labute approximate surface area is 77.3 Å². The number of nitrogens with two attached hydrogens (primary N) is 1. The molecule has 2 N–H and O–H groups in total. The van der Waals surface area contributed by atoms with Crippen LogP contribution >= 0.6 is 0 Å². The summed E-state index contributed by atoms with van der Waals surface area (Å²) in [5, 5.41) is 0. The van der Waals surface area contributed by atoms with Gasteiger partial charge < -0.3 is 10.5 Å². The summed E-state index contributed by atoms with van der Waals surface area (Å²) in [6.07, 6.45) is 6.66. The van der Waals surface area contributed by atoms with Crippen LogP contribution in [-0.2, 0) is 4.74 Å². The highest BCUT2D eigenvalue weighted by molar-refractivity contribution is 5.62. The van der Waals surface area contributed by atoms with E-state index in [1.807, 2.05) is 36.4 Å². The van der Waals surface area contributed by atoms with Crippen LogP contribution in [0.2, 0.25) is 0 Å². The Morgan fingerprint density at radius 1 is 1.15 bits per heavy atom. The highest BCUT2D eigenvalue weighted by atomic mass is 16.5. The van der Waals surface area contributed by atoms with Crippen molar-refractivity contribution < 1.29 is 4.74 Å². The van der Waals surface area contributed by atoms with Crippen LogP contribution in [0.1, 0.15) is 12.0 Å². The summed E-state index contributed by atoms with van der Waals surface area (Å²) >= 11 is 0. The average molecular weight is 173 g/mol. The van der Waals surface area contributed by atoms with E-state index in [0.717, 1.165) is 23.4 Å². The van der Waals surface area contributed by atoms with Crippen molar-refractivity contribution in [1.82, 2.24) is 0 Å². The van der Waals surface area contributed by atoms with Gasteiger partial charge in [0.05, 0.1) is 6.26 Å². The van der Waals surface area contributed by atoms with Crippen molar-refractivity contribution in [2.45, 2.75) is 6.42 Å². The Hall–Kier alpha value is -1.70. The van der Waals surface area contributed by atoms with Gasteiger partial charge in [0.15, 0.2) is 0 Å². The van der Waals surface area contributed by atoms with Gasteiger partial charge in [0, 0.05) is 11.3 Å².